The fraction of sp³-hybridized carbons (Fsp3) is 0.600. The van der Waals surface area contributed by atoms with Crippen molar-refractivity contribution in [2.75, 3.05) is 58.8 Å². The molecule has 4 rings (SSSR count). The number of methoxy groups -OCH3 is 1. The minimum Gasteiger partial charge on any atom is -0.493 e. The lowest BCUT2D eigenvalue weighted by Gasteiger charge is -2.29. The smallest absolute Gasteiger partial charge is 0.227 e. The molecule has 3 heterocycles. The Labute approximate surface area is 197 Å². The Balaban J connectivity index is 1.30. The van der Waals surface area contributed by atoms with Crippen LogP contribution in [0.1, 0.15) is 37.8 Å². The van der Waals surface area contributed by atoms with Crippen LogP contribution < -0.4 is 20.1 Å². The van der Waals surface area contributed by atoms with Crippen LogP contribution in [0.5, 0.6) is 11.5 Å². The van der Waals surface area contributed by atoms with Crippen LogP contribution in [-0.4, -0.2) is 79.3 Å². The minimum absolute atomic E-state index is 0.555. The summed E-state index contributed by atoms with van der Waals surface area (Å²) in [6.45, 7) is 7.24. The predicted molar refractivity (Wildman–Crippen MR) is 131 cm³/mol. The van der Waals surface area contributed by atoms with E-state index in [9.17, 15) is 0 Å². The Morgan fingerprint density at radius 3 is 2.67 bits per heavy atom. The van der Waals surface area contributed by atoms with Crippen molar-refractivity contribution in [2.24, 2.45) is 0 Å². The Morgan fingerprint density at radius 2 is 1.88 bits per heavy atom. The molecule has 2 aliphatic heterocycles. The zero-order valence-electron chi connectivity index (χ0n) is 20.1. The Morgan fingerprint density at radius 1 is 1.06 bits per heavy atom. The monoisotopic (exact) mass is 454 g/mol. The third-order valence-corrected chi connectivity index (χ3v) is 6.50. The number of anilines is 2. The third kappa shape index (κ3) is 7.28. The van der Waals surface area contributed by atoms with Crippen LogP contribution in [0, 0.1) is 0 Å². The summed E-state index contributed by atoms with van der Waals surface area (Å²) >= 11 is 0. The van der Waals surface area contributed by atoms with E-state index in [1.807, 2.05) is 24.3 Å². The quantitative estimate of drug-likeness (QED) is 0.501. The van der Waals surface area contributed by atoms with Gasteiger partial charge >= 0.3 is 0 Å². The number of hydrogen-bond donors (Lipinski definition) is 2. The molecule has 0 spiro atoms. The van der Waals surface area contributed by atoms with E-state index in [1.54, 1.807) is 13.3 Å². The van der Waals surface area contributed by atoms with Crippen LogP contribution in [0.4, 0.5) is 11.6 Å². The van der Waals surface area contributed by atoms with Crippen LogP contribution in [-0.2, 0) is 6.54 Å². The summed E-state index contributed by atoms with van der Waals surface area (Å²) in [6, 6.07) is 8.36. The van der Waals surface area contributed by atoms with Crippen LogP contribution in [0.2, 0.25) is 0 Å². The lowest BCUT2D eigenvalue weighted by atomic mass is 10.1. The number of ether oxygens (including phenoxy) is 2. The van der Waals surface area contributed by atoms with Crippen LogP contribution >= 0.6 is 0 Å². The molecular formula is C25H38N6O2. The van der Waals surface area contributed by atoms with E-state index < -0.39 is 0 Å². The van der Waals surface area contributed by atoms with Crippen molar-refractivity contribution in [3.63, 3.8) is 0 Å². The number of benzene rings is 1. The van der Waals surface area contributed by atoms with Gasteiger partial charge in [-0.2, -0.15) is 0 Å². The van der Waals surface area contributed by atoms with E-state index in [4.69, 9.17) is 9.47 Å². The lowest BCUT2D eigenvalue weighted by molar-refractivity contribution is 0.233. The minimum atomic E-state index is 0.555. The second-order valence-electron chi connectivity index (χ2n) is 9.07. The third-order valence-electron chi connectivity index (χ3n) is 6.50. The van der Waals surface area contributed by atoms with E-state index in [2.05, 4.69) is 37.4 Å². The molecule has 0 unspecified atom stereocenters. The summed E-state index contributed by atoms with van der Waals surface area (Å²) < 4.78 is 11.5. The zero-order valence-corrected chi connectivity index (χ0v) is 20.1. The van der Waals surface area contributed by atoms with Gasteiger partial charge in [0.15, 0.2) is 11.5 Å². The van der Waals surface area contributed by atoms with Crippen molar-refractivity contribution in [1.29, 1.82) is 0 Å². The van der Waals surface area contributed by atoms with Crippen molar-refractivity contribution in [3.05, 3.63) is 36.2 Å². The number of nitrogens with one attached hydrogen (secondary N) is 2. The molecule has 0 bridgehead atoms. The molecule has 0 radical (unpaired) electrons. The topological polar surface area (TPSA) is 74.8 Å². The second-order valence-corrected chi connectivity index (χ2v) is 9.07. The molecule has 2 N–H and O–H groups in total. The number of piperidine rings is 1. The molecule has 2 aromatic rings. The molecule has 1 aromatic carbocycles. The highest BCUT2D eigenvalue weighted by atomic mass is 16.5. The number of hydrogen-bond acceptors (Lipinski definition) is 8. The summed E-state index contributed by atoms with van der Waals surface area (Å²) in [6.07, 6.45) is 7.81. The van der Waals surface area contributed by atoms with Crippen molar-refractivity contribution in [2.45, 2.75) is 44.7 Å². The molecule has 2 saturated heterocycles. The summed E-state index contributed by atoms with van der Waals surface area (Å²) in [7, 11) is 3.85. The average Bonchev–Trinajstić information content (AvgIpc) is 3.36. The first-order valence-corrected chi connectivity index (χ1v) is 12.2. The van der Waals surface area contributed by atoms with Crippen molar-refractivity contribution in [3.8, 4) is 11.5 Å². The Hall–Kier alpha value is -2.42. The zero-order chi connectivity index (χ0) is 22.9. The summed E-state index contributed by atoms with van der Waals surface area (Å²) in [5, 5.41) is 6.95. The molecule has 1 aromatic heterocycles. The fourth-order valence-corrected chi connectivity index (χ4v) is 4.49. The SMILES string of the molecule is COc1ccc(Nc2nccc(CNC3CCN(C)CC3)n2)cc1OCCCN1CCCC1. The first-order valence-electron chi connectivity index (χ1n) is 12.2. The van der Waals surface area contributed by atoms with Gasteiger partial charge in [-0.3, -0.25) is 0 Å². The van der Waals surface area contributed by atoms with Gasteiger partial charge in [-0.05, 0) is 83.5 Å². The second kappa shape index (κ2) is 12.2. The van der Waals surface area contributed by atoms with Crippen molar-refractivity contribution in [1.82, 2.24) is 25.1 Å². The molecule has 180 valence electrons. The molecule has 33 heavy (non-hydrogen) atoms. The van der Waals surface area contributed by atoms with Gasteiger partial charge in [-0.25, -0.2) is 9.97 Å². The van der Waals surface area contributed by atoms with E-state index in [0.717, 1.165) is 55.5 Å². The van der Waals surface area contributed by atoms with E-state index in [-0.39, 0.29) is 0 Å². The molecule has 2 aliphatic rings. The Kier molecular flexibility index (Phi) is 8.74. The van der Waals surface area contributed by atoms with Gasteiger partial charge in [0, 0.05) is 37.1 Å². The fourth-order valence-electron chi connectivity index (χ4n) is 4.49. The number of nitrogens with zero attached hydrogens (tertiary/aromatic N) is 4. The number of likely N-dealkylation sites (tertiary alicyclic amines) is 2. The van der Waals surface area contributed by atoms with E-state index >= 15 is 0 Å². The van der Waals surface area contributed by atoms with Gasteiger partial charge in [0.05, 0.1) is 19.4 Å². The summed E-state index contributed by atoms with van der Waals surface area (Å²) in [5.74, 6) is 2.06. The Bertz CT molecular complexity index is 866. The van der Waals surface area contributed by atoms with Crippen LogP contribution in [0.25, 0.3) is 0 Å². The van der Waals surface area contributed by atoms with Gasteiger partial charge in [0.25, 0.3) is 0 Å². The van der Waals surface area contributed by atoms with Crippen LogP contribution in [0.3, 0.4) is 0 Å². The first kappa shape index (κ1) is 23.7. The van der Waals surface area contributed by atoms with Gasteiger partial charge in [-0.1, -0.05) is 0 Å². The normalized spacial score (nSPS) is 17.9. The largest absolute Gasteiger partial charge is 0.493 e. The molecular weight excluding hydrogens is 416 g/mol. The lowest BCUT2D eigenvalue weighted by Crippen LogP contribution is -2.40. The van der Waals surface area contributed by atoms with Crippen molar-refractivity contribution >= 4 is 11.6 Å². The highest BCUT2D eigenvalue weighted by Crippen LogP contribution is 2.31. The maximum atomic E-state index is 6.06. The van der Waals surface area contributed by atoms with Gasteiger partial charge in [-0.15, -0.1) is 0 Å². The standard InChI is InChI=1S/C25H38N6O2/c1-30-15-9-20(10-16-30)27-19-22-8-11-26-25(29-22)28-21-6-7-23(32-2)24(18-21)33-17-5-14-31-12-3-4-13-31/h6-8,11,18,20,27H,3-5,9-10,12-17,19H2,1-2H3,(H,26,28,29). The summed E-state index contributed by atoms with van der Waals surface area (Å²) in [5.41, 5.74) is 1.86. The van der Waals surface area contributed by atoms with Gasteiger partial charge in [0.1, 0.15) is 0 Å². The highest BCUT2D eigenvalue weighted by Gasteiger charge is 2.16. The highest BCUT2D eigenvalue weighted by molar-refractivity contribution is 5.59. The van der Waals surface area contributed by atoms with E-state index in [1.165, 1.54) is 38.8 Å². The van der Waals surface area contributed by atoms with Crippen LogP contribution in [0.15, 0.2) is 30.5 Å². The molecule has 8 nitrogen and oxygen atoms in total. The number of aromatic nitrogens is 2. The maximum Gasteiger partial charge on any atom is 0.227 e. The molecule has 0 saturated carbocycles. The maximum absolute atomic E-state index is 6.06. The molecule has 0 atom stereocenters. The molecule has 0 aliphatic carbocycles. The first-order chi connectivity index (χ1) is 16.2. The average molecular weight is 455 g/mol. The summed E-state index contributed by atoms with van der Waals surface area (Å²) in [4.78, 5) is 14.0. The van der Waals surface area contributed by atoms with E-state index in [0.29, 0.717) is 18.6 Å². The van der Waals surface area contributed by atoms with Gasteiger partial charge < -0.3 is 29.9 Å². The molecule has 8 heteroatoms. The molecule has 2 fully saturated rings. The van der Waals surface area contributed by atoms with Crippen molar-refractivity contribution < 1.29 is 9.47 Å². The molecule has 0 amide bonds. The number of rotatable bonds is 11. The predicted octanol–water partition coefficient (Wildman–Crippen LogP) is 3.28. The van der Waals surface area contributed by atoms with Gasteiger partial charge in [0.2, 0.25) is 5.95 Å².